The number of aromatic nitrogens is 1. The quantitative estimate of drug-likeness (QED) is 0.818. The summed E-state index contributed by atoms with van der Waals surface area (Å²) in [7, 11) is 0. The zero-order valence-electron chi connectivity index (χ0n) is 16.8. The molecule has 0 radical (unpaired) electrons. The van der Waals surface area contributed by atoms with Crippen molar-refractivity contribution in [2.24, 2.45) is 0 Å². The Bertz CT molecular complexity index is 868. The molecule has 1 atom stereocenters. The van der Waals surface area contributed by atoms with Gasteiger partial charge in [0.15, 0.2) is 0 Å². The number of carbonyl (C=O) groups excluding carboxylic acids is 3. The van der Waals surface area contributed by atoms with Crippen molar-refractivity contribution in [3.8, 4) is 0 Å². The molecule has 1 N–H and O–H groups in total. The number of thiazole rings is 1. The molecule has 1 aliphatic rings. The molecule has 3 amide bonds. The lowest BCUT2D eigenvalue weighted by Crippen LogP contribution is -2.39. The van der Waals surface area contributed by atoms with Gasteiger partial charge in [0.05, 0.1) is 23.7 Å². The molecule has 1 fully saturated rings. The van der Waals surface area contributed by atoms with E-state index in [1.165, 1.54) is 18.3 Å². The third-order valence-electron chi connectivity index (χ3n) is 5.10. The molecule has 7 nitrogen and oxygen atoms in total. The van der Waals surface area contributed by atoms with Crippen LogP contribution in [-0.2, 0) is 9.59 Å². The van der Waals surface area contributed by atoms with Crippen molar-refractivity contribution in [1.82, 2.24) is 20.1 Å². The second-order valence-corrected chi connectivity index (χ2v) is 7.96. The van der Waals surface area contributed by atoms with Crippen LogP contribution in [0.5, 0.6) is 0 Å². The van der Waals surface area contributed by atoms with Crippen LogP contribution in [0, 0.1) is 6.92 Å². The fourth-order valence-electron chi connectivity index (χ4n) is 3.59. The summed E-state index contributed by atoms with van der Waals surface area (Å²) < 4.78 is 0. The predicted molar refractivity (Wildman–Crippen MR) is 112 cm³/mol. The van der Waals surface area contributed by atoms with E-state index in [-0.39, 0.29) is 30.2 Å². The van der Waals surface area contributed by atoms with Gasteiger partial charge in [0, 0.05) is 33.1 Å². The van der Waals surface area contributed by atoms with Crippen molar-refractivity contribution in [2.75, 3.05) is 26.2 Å². The highest BCUT2D eigenvalue weighted by atomic mass is 32.1. The fourth-order valence-corrected chi connectivity index (χ4v) is 4.36. The summed E-state index contributed by atoms with van der Waals surface area (Å²) in [5.74, 6) is -0.289. The number of nitrogens with zero attached hydrogens (tertiary/aromatic N) is 3. The Balaban J connectivity index is 1.81. The molecular weight excluding hydrogens is 388 g/mol. The monoisotopic (exact) mass is 414 g/mol. The van der Waals surface area contributed by atoms with Crippen molar-refractivity contribution in [3.63, 3.8) is 0 Å². The SMILES string of the molecule is CC(=O)N1CCCN(C(=O)c2scnc2C)CCNC(=O)CC1c1ccccc1. The van der Waals surface area contributed by atoms with E-state index in [2.05, 4.69) is 10.3 Å². The van der Waals surface area contributed by atoms with Gasteiger partial charge in [-0.2, -0.15) is 0 Å². The minimum Gasteiger partial charge on any atom is -0.354 e. The van der Waals surface area contributed by atoms with Gasteiger partial charge in [-0.3, -0.25) is 14.4 Å². The van der Waals surface area contributed by atoms with Gasteiger partial charge in [-0.05, 0) is 18.9 Å². The molecule has 1 saturated heterocycles. The van der Waals surface area contributed by atoms with Crippen LogP contribution < -0.4 is 5.32 Å². The second-order valence-electron chi connectivity index (χ2n) is 7.11. The predicted octanol–water partition coefficient (Wildman–Crippen LogP) is 2.39. The van der Waals surface area contributed by atoms with Crippen LogP contribution in [0.25, 0.3) is 0 Å². The van der Waals surface area contributed by atoms with E-state index >= 15 is 0 Å². The summed E-state index contributed by atoms with van der Waals surface area (Å²) >= 11 is 1.33. The maximum absolute atomic E-state index is 12.9. The van der Waals surface area contributed by atoms with Crippen molar-refractivity contribution in [1.29, 1.82) is 0 Å². The maximum Gasteiger partial charge on any atom is 0.265 e. The van der Waals surface area contributed by atoms with E-state index in [1.807, 2.05) is 37.3 Å². The number of benzene rings is 1. The van der Waals surface area contributed by atoms with E-state index in [0.717, 1.165) is 5.56 Å². The molecule has 8 heteroatoms. The molecule has 1 aliphatic heterocycles. The lowest BCUT2D eigenvalue weighted by molar-refractivity contribution is -0.132. The van der Waals surface area contributed by atoms with Crippen LogP contribution in [0.2, 0.25) is 0 Å². The van der Waals surface area contributed by atoms with Gasteiger partial charge >= 0.3 is 0 Å². The molecule has 0 aliphatic carbocycles. The van der Waals surface area contributed by atoms with E-state index in [0.29, 0.717) is 43.2 Å². The molecule has 0 spiro atoms. The van der Waals surface area contributed by atoms with E-state index in [4.69, 9.17) is 0 Å². The number of carbonyl (C=O) groups is 3. The first-order valence-electron chi connectivity index (χ1n) is 9.75. The fraction of sp³-hybridized carbons (Fsp3) is 0.429. The van der Waals surface area contributed by atoms with E-state index < -0.39 is 0 Å². The Labute approximate surface area is 174 Å². The summed E-state index contributed by atoms with van der Waals surface area (Å²) in [4.78, 5) is 46.1. The topological polar surface area (TPSA) is 82.6 Å². The van der Waals surface area contributed by atoms with Gasteiger partial charge in [0.1, 0.15) is 4.88 Å². The van der Waals surface area contributed by atoms with E-state index in [1.54, 1.807) is 15.3 Å². The van der Waals surface area contributed by atoms with Gasteiger partial charge in [-0.15, -0.1) is 11.3 Å². The molecule has 1 unspecified atom stereocenters. The summed E-state index contributed by atoms with van der Waals surface area (Å²) in [6.45, 7) is 5.14. The molecule has 1 aromatic heterocycles. The largest absolute Gasteiger partial charge is 0.354 e. The zero-order valence-corrected chi connectivity index (χ0v) is 17.6. The number of aryl methyl sites for hydroxylation is 1. The zero-order chi connectivity index (χ0) is 20.8. The van der Waals surface area contributed by atoms with Crippen molar-refractivity contribution in [3.05, 3.63) is 52.0 Å². The number of amides is 3. The number of hydrogen-bond donors (Lipinski definition) is 1. The van der Waals surface area contributed by atoms with Crippen LogP contribution in [-0.4, -0.2) is 58.7 Å². The smallest absolute Gasteiger partial charge is 0.265 e. The average Bonchev–Trinajstić information content (AvgIpc) is 3.12. The first kappa shape index (κ1) is 21.0. The van der Waals surface area contributed by atoms with Crippen LogP contribution >= 0.6 is 11.3 Å². The molecule has 1 aromatic carbocycles. The minimum atomic E-state index is -0.320. The third-order valence-corrected chi connectivity index (χ3v) is 6.02. The minimum absolute atomic E-state index is 0.0764. The molecular formula is C21H26N4O3S. The Morgan fingerprint density at radius 1 is 1.17 bits per heavy atom. The molecule has 2 aromatic rings. The Morgan fingerprint density at radius 2 is 1.93 bits per heavy atom. The van der Waals surface area contributed by atoms with Gasteiger partial charge < -0.3 is 15.1 Å². The van der Waals surface area contributed by atoms with Crippen LogP contribution in [0.4, 0.5) is 0 Å². The van der Waals surface area contributed by atoms with Gasteiger partial charge in [0.25, 0.3) is 5.91 Å². The number of nitrogens with one attached hydrogen (secondary N) is 1. The van der Waals surface area contributed by atoms with Gasteiger partial charge in [-0.1, -0.05) is 30.3 Å². The maximum atomic E-state index is 12.9. The first-order chi connectivity index (χ1) is 14.0. The molecule has 3 rings (SSSR count). The van der Waals surface area contributed by atoms with Crippen molar-refractivity contribution >= 4 is 29.1 Å². The lowest BCUT2D eigenvalue weighted by atomic mass is 10.0. The molecule has 29 heavy (non-hydrogen) atoms. The summed E-state index contributed by atoms with van der Waals surface area (Å²) in [5, 5.41) is 2.90. The second kappa shape index (κ2) is 9.65. The number of rotatable bonds is 2. The third kappa shape index (κ3) is 5.20. The first-order valence-corrected chi connectivity index (χ1v) is 10.6. The standard InChI is InChI=1S/C21H26N4O3S/c1-15-20(29-14-23-15)21(28)24-10-6-11-25(16(2)26)18(13-19(27)22-9-12-24)17-7-4-3-5-8-17/h3-5,7-8,14,18H,6,9-13H2,1-2H3,(H,22,27). The Morgan fingerprint density at radius 3 is 2.59 bits per heavy atom. The van der Waals surface area contributed by atoms with Crippen LogP contribution in [0.3, 0.4) is 0 Å². The molecule has 0 bridgehead atoms. The lowest BCUT2D eigenvalue weighted by Gasteiger charge is -2.31. The van der Waals surface area contributed by atoms with E-state index in [9.17, 15) is 14.4 Å². The van der Waals surface area contributed by atoms with Gasteiger partial charge in [-0.25, -0.2) is 4.98 Å². The van der Waals surface area contributed by atoms with Crippen LogP contribution in [0.1, 0.15) is 46.7 Å². The molecule has 0 saturated carbocycles. The Hall–Kier alpha value is -2.74. The summed E-state index contributed by atoms with van der Waals surface area (Å²) in [6, 6.07) is 9.30. The van der Waals surface area contributed by atoms with Crippen LogP contribution in [0.15, 0.2) is 35.8 Å². The molecule has 154 valence electrons. The van der Waals surface area contributed by atoms with Crippen molar-refractivity contribution < 1.29 is 14.4 Å². The van der Waals surface area contributed by atoms with Crippen molar-refractivity contribution in [2.45, 2.75) is 32.7 Å². The summed E-state index contributed by atoms with van der Waals surface area (Å²) in [5.41, 5.74) is 3.32. The summed E-state index contributed by atoms with van der Waals surface area (Å²) in [6.07, 6.45) is 0.839. The Kier molecular flexibility index (Phi) is 6.98. The highest BCUT2D eigenvalue weighted by Crippen LogP contribution is 2.25. The number of hydrogen-bond acceptors (Lipinski definition) is 5. The molecule has 2 heterocycles. The van der Waals surface area contributed by atoms with Gasteiger partial charge in [0.2, 0.25) is 11.8 Å². The average molecular weight is 415 g/mol. The highest BCUT2D eigenvalue weighted by molar-refractivity contribution is 7.11. The highest BCUT2D eigenvalue weighted by Gasteiger charge is 2.27. The normalized spacial score (nSPS) is 18.7.